The maximum Gasteiger partial charge on any atom is 0.433 e. The third kappa shape index (κ3) is 5.16. The molecule has 1 unspecified atom stereocenters. The topological polar surface area (TPSA) is 70.9 Å². The van der Waals surface area contributed by atoms with Crippen molar-refractivity contribution in [3.63, 3.8) is 0 Å². The van der Waals surface area contributed by atoms with Gasteiger partial charge in [0.25, 0.3) is 0 Å². The predicted octanol–water partition coefficient (Wildman–Crippen LogP) is 2.41. The smallest absolute Gasteiger partial charge is 0.387 e. The van der Waals surface area contributed by atoms with Crippen LogP contribution in [0.5, 0.6) is 0 Å². The van der Waals surface area contributed by atoms with Crippen LogP contribution in [0.25, 0.3) is 0 Å². The fourth-order valence-electron chi connectivity index (χ4n) is 1.16. The Hall–Kier alpha value is -1.59. The van der Waals surface area contributed by atoms with Crippen LogP contribution in [0.15, 0.2) is 35.5 Å². The molecule has 1 atom stereocenters. The standard InChI is InChI=1S/C12H15ClN2O3/c1-2-11(13)15-18-12(17)14-8-10(16)9-6-4-3-5-7-9/h3-7,10,16H,2,8H2,1H3,(H,14,17)/b15-11-. The predicted molar refractivity (Wildman–Crippen MR) is 69.5 cm³/mol. The van der Waals surface area contributed by atoms with Crippen LogP contribution in [-0.2, 0) is 4.84 Å². The van der Waals surface area contributed by atoms with Gasteiger partial charge in [0.1, 0.15) is 5.17 Å². The van der Waals surface area contributed by atoms with Crippen LogP contribution in [-0.4, -0.2) is 22.9 Å². The van der Waals surface area contributed by atoms with E-state index in [-0.39, 0.29) is 11.7 Å². The van der Waals surface area contributed by atoms with Crippen molar-refractivity contribution >= 4 is 22.9 Å². The number of nitrogens with zero attached hydrogens (tertiary/aromatic N) is 1. The Labute approximate surface area is 110 Å². The zero-order valence-corrected chi connectivity index (χ0v) is 10.7. The van der Waals surface area contributed by atoms with E-state index in [9.17, 15) is 9.90 Å². The van der Waals surface area contributed by atoms with E-state index >= 15 is 0 Å². The summed E-state index contributed by atoms with van der Waals surface area (Å²) in [5.74, 6) is 0. The van der Waals surface area contributed by atoms with Crippen LogP contribution < -0.4 is 5.32 Å². The third-order valence-corrected chi connectivity index (χ3v) is 2.48. The van der Waals surface area contributed by atoms with E-state index in [1.165, 1.54) is 0 Å². The number of oxime groups is 1. The second-order valence-electron chi connectivity index (χ2n) is 3.51. The van der Waals surface area contributed by atoms with Crippen LogP contribution in [0.4, 0.5) is 4.79 Å². The number of aliphatic hydroxyl groups excluding tert-OH is 1. The van der Waals surface area contributed by atoms with Gasteiger partial charge in [-0.3, -0.25) is 4.84 Å². The van der Waals surface area contributed by atoms with Gasteiger partial charge in [-0.1, -0.05) is 54.0 Å². The molecule has 0 saturated carbocycles. The van der Waals surface area contributed by atoms with Gasteiger partial charge in [-0.25, -0.2) is 4.79 Å². The van der Waals surface area contributed by atoms with Gasteiger partial charge in [-0.15, -0.1) is 0 Å². The van der Waals surface area contributed by atoms with Crippen molar-refractivity contribution in [1.82, 2.24) is 5.32 Å². The lowest BCUT2D eigenvalue weighted by molar-refractivity contribution is 0.134. The van der Waals surface area contributed by atoms with Gasteiger partial charge in [0.05, 0.1) is 12.6 Å². The highest BCUT2D eigenvalue weighted by Gasteiger charge is 2.09. The minimum absolute atomic E-state index is 0.0438. The first kappa shape index (κ1) is 14.5. The van der Waals surface area contributed by atoms with Crippen LogP contribution in [0, 0.1) is 0 Å². The van der Waals surface area contributed by atoms with Crippen LogP contribution in [0.2, 0.25) is 0 Å². The molecule has 1 rings (SSSR count). The van der Waals surface area contributed by atoms with Gasteiger partial charge in [-0.2, -0.15) is 0 Å². The number of carbonyl (C=O) groups is 1. The van der Waals surface area contributed by atoms with Crippen LogP contribution >= 0.6 is 11.6 Å². The highest BCUT2D eigenvalue weighted by molar-refractivity contribution is 6.65. The fraction of sp³-hybridized carbons (Fsp3) is 0.333. The van der Waals surface area contributed by atoms with Crippen LogP contribution in [0.3, 0.4) is 0 Å². The summed E-state index contributed by atoms with van der Waals surface area (Å²) in [4.78, 5) is 15.7. The van der Waals surface area contributed by atoms with Gasteiger partial charge < -0.3 is 10.4 Å². The van der Waals surface area contributed by atoms with Gasteiger partial charge in [0, 0.05) is 6.42 Å². The first-order chi connectivity index (χ1) is 8.63. The molecule has 1 aromatic rings. The van der Waals surface area contributed by atoms with E-state index in [0.717, 1.165) is 0 Å². The van der Waals surface area contributed by atoms with E-state index in [0.29, 0.717) is 12.0 Å². The monoisotopic (exact) mass is 270 g/mol. The number of carbonyl (C=O) groups excluding carboxylic acids is 1. The molecule has 18 heavy (non-hydrogen) atoms. The van der Waals surface area contributed by atoms with E-state index in [4.69, 9.17) is 11.6 Å². The number of nitrogens with one attached hydrogen (secondary N) is 1. The number of amides is 1. The van der Waals surface area contributed by atoms with Crippen molar-refractivity contribution in [2.75, 3.05) is 6.54 Å². The number of hydrogen-bond donors (Lipinski definition) is 2. The summed E-state index contributed by atoms with van der Waals surface area (Å²) in [6.45, 7) is 1.83. The Kier molecular flexibility index (Phi) is 6.18. The Morgan fingerprint density at radius 3 is 2.78 bits per heavy atom. The van der Waals surface area contributed by atoms with Gasteiger partial charge in [0.15, 0.2) is 0 Å². The molecule has 0 fully saturated rings. The van der Waals surface area contributed by atoms with Crippen molar-refractivity contribution in [3.05, 3.63) is 35.9 Å². The van der Waals surface area contributed by atoms with Crippen molar-refractivity contribution in [3.8, 4) is 0 Å². The number of rotatable bonds is 5. The highest BCUT2D eigenvalue weighted by Crippen LogP contribution is 2.10. The second kappa shape index (κ2) is 7.68. The first-order valence-corrected chi connectivity index (χ1v) is 5.91. The van der Waals surface area contributed by atoms with E-state index in [2.05, 4.69) is 15.3 Å². The number of halogens is 1. The quantitative estimate of drug-likeness (QED) is 0.490. The molecule has 0 bridgehead atoms. The average Bonchev–Trinajstić information content (AvgIpc) is 2.42. The second-order valence-corrected chi connectivity index (χ2v) is 3.94. The summed E-state index contributed by atoms with van der Waals surface area (Å²) in [6, 6.07) is 9.00. The normalized spacial score (nSPS) is 12.9. The Bertz CT molecular complexity index is 409. The molecule has 0 aliphatic rings. The molecular formula is C12H15ClN2O3. The van der Waals surface area contributed by atoms with Crippen molar-refractivity contribution in [2.45, 2.75) is 19.4 Å². The van der Waals surface area contributed by atoms with Crippen molar-refractivity contribution < 1.29 is 14.7 Å². The summed E-state index contributed by atoms with van der Waals surface area (Å²) >= 11 is 5.56. The molecule has 0 spiro atoms. The molecule has 0 radical (unpaired) electrons. The average molecular weight is 271 g/mol. The molecule has 0 heterocycles. The molecule has 0 aromatic heterocycles. The zero-order chi connectivity index (χ0) is 13.4. The summed E-state index contributed by atoms with van der Waals surface area (Å²) in [5.41, 5.74) is 0.716. The molecule has 98 valence electrons. The molecule has 5 nitrogen and oxygen atoms in total. The summed E-state index contributed by atoms with van der Waals surface area (Å²) in [6.07, 6.45) is -1.05. The molecular weight excluding hydrogens is 256 g/mol. The molecule has 0 aliphatic heterocycles. The zero-order valence-electron chi connectivity index (χ0n) is 9.97. The van der Waals surface area contributed by atoms with E-state index < -0.39 is 12.2 Å². The Morgan fingerprint density at radius 2 is 2.17 bits per heavy atom. The van der Waals surface area contributed by atoms with Gasteiger partial charge in [-0.05, 0) is 5.56 Å². The summed E-state index contributed by atoms with van der Waals surface area (Å²) in [5, 5.41) is 15.7. The largest absolute Gasteiger partial charge is 0.433 e. The van der Waals surface area contributed by atoms with Crippen molar-refractivity contribution in [2.24, 2.45) is 5.16 Å². The van der Waals surface area contributed by atoms with Crippen LogP contribution in [0.1, 0.15) is 25.0 Å². The first-order valence-electron chi connectivity index (χ1n) is 5.53. The molecule has 0 saturated heterocycles. The van der Waals surface area contributed by atoms with E-state index in [1.54, 1.807) is 19.1 Å². The maximum atomic E-state index is 11.2. The molecule has 6 heteroatoms. The molecule has 0 aliphatic carbocycles. The SMILES string of the molecule is CC/C(Cl)=N/OC(=O)NCC(O)c1ccccc1. The highest BCUT2D eigenvalue weighted by atomic mass is 35.5. The lowest BCUT2D eigenvalue weighted by Crippen LogP contribution is -2.28. The molecule has 1 amide bonds. The van der Waals surface area contributed by atoms with E-state index in [1.807, 2.05) is 18.2 Å². The number of aliphatic hydroxyl groups is 1. The molecule has 2 N–H and O–H groups in total. The third-order valence-electron chi connectivity index (χ3n) is 2.14. The summed E-state index contributed by atoms with van der Waals surface area (Å²) < 4.78 is 0. The van der Waals surface area contributed by atoms with Crippen molar-refractivity contribution in [1.29, 1.82) is 0 Å². The maximum absolute atomic E-state index is 11.2. The Morgan fingerprint density at radius 1 is 1.50 bits per heavy atom. The minimum Gasteiger partial charge on any atom is -0.387 e. The van der Waals surface area contributed by atoms with Gasteiger partial charge >= 0.3 is 6.09 Å². The summed E-state index contributed by atoms with van der Waals surface area (Å²) in [7, 11) is 0. The minimum atomic E-state index is -0.788. The van der Waals surface area contributed by atoms with Gasteiger partial charge in [0.2, 0.25) is 0 Å². The fourth-order valence-corrected chi connectivity index (χ4v) is 1.20. The number of hydrogen-bond acceptors (Lipinski definition) is 4. The lowest BCUT2D eigenvalue weighted by Gasteiger charge is -2.10. The number of benzene rings is 1. The lowest BCUT2D eigenvalue weighted by atomic mass is 10.1. The molecule has 1 aromatic carbocycles. The Balaban J connectivity index is 2.35.